The molecule has 2 aliphatic rings. The molecule has 0 spiro atoms. The number of halogens is 2. The normalized spacial score (nSPS) is 25.7. The average molecular weight is 266 g/mol. The Balaban J connectivity index is 1.59. The summed E-state index contributed by atoms with van der Waals surface area (Å²) in [5.74, 6) is -1.01. The van der Waals surface area contributed by atoms with E-state index in [9.17, 15) is 8.78 Å². The summed E-state index contributed by atoms with van der Waals surface area (Å²) in [6.07, 6.45) is 3.79. The van der Waals surface area contributed by atoms with Crippen molar-refractivity contribution in [2.45, 2.75) is 44.3 Å². The van der Waals surface area contributed by atoms with Gasteiger partial charge in [-0.2, -0.15) is 0 Å². The fourth-order valence-corrected chi connectivity index (χ4v) is 2.97. The van der Waals surface area contributed by atoms with E-state index in [-0.39, 0.29) is 6.04 Å². The molecule has 0 aromatic heterocycles. The first-order valence-corrected chi connectivity index (χ1v) is 7.08. The lowest BCUT2D eigenvalue weighted by Crippen LogP contribution is -2.35. The van der Waals surface area contributed by atoms with Crippen molar-refractivity contribution in [1.82, 2.24) is 10.2 Å². The molecule has 1 aromatic carbocycles. The molecule has 2 fully saturated rings. The van der Waals surface area contributed by atoms with Gasteiger partial charge in [-0.3, -0.25) is 4.90 Å². The second-order valence-corrected chi connectivity index (χ2v) is 5.80. The van der Waals surface area contributed by atoms with Gasteiger partial charge in [0, 0.05) is 37.3 Å². The minimum atomic E-state index is -0.505. The first kappa shape index (κ1) is 13.0. The van der Waals surface area contributed by atoms with E-state index in [0.717, 1.165) is 31.6 Å². The number of nitrogens with one attached hydrogen (secondary N) is 1. The first-order chi connectivity index (χ1) is 9.11. The van der Waals surface area contributed by atoms with Crippen molar-refractivity contribution < 1.29 is 8.78 Å². The third kappa shape index (κ3) is 3.12. The molecule has 1 aliphatic heterocycles. The summed E-state index contributed by atoms with van der Waals surface area (Å²) in [6.45, 7) is 4.17. The molecule has 1 aromatic rings. The van der Waals surface area contributed by atoms with Crippen LogP contribution >= 0.6 is 0 Å². The van der Waals surface area contributed by atoms with Gasteiger partial charge in [0.05, 0.1) is 0 Å². The van der Waals surface area contributed by atoms with Crippen molar-refractivity contribution in [2.24, 2.45) is 0 Å². The standard InChI is InChI=1S/C15H20F2N2/c1-10(11-6-12(16)8-13(17)7-11)18-14-4-5-19(9-14)15-2-3-15/h6-8,10,14-15,18H,2-5,9H2,1H3. The predicted octanol–water partition coefficient (Wildman–Crippen LogP) is 2.85. The zero-order chi connectivity index (χ0) is 13.4. The highest BCUT2D eigenvalue weighted by Crippen LogP contribution is 2.30. The number of rotatable bonds is 4. The van der Waals surface area contributed by atoms with E-state index in [1.165, 1.54) is 25.0 Å². The van der Waals surface area contributed by atoms with Crippen molar-refractivity contribution >= 4 is 0 Å². The molecule has 0 radical (unpaired) electrons. The Labute approximate surface area is 112 Å². The van der Waals surface area contributed by atoms with Crippen LogP contribution in [0.1, 0.15) is 37.8 Å². The molecule has 3 rings (SSSR count). The highest BCUT2D eigenvalue weighted by molar-refractivity contribution is 5.21. The van der Waals surface area contributed by atoms with Crippen LogP contribution in [-0.2, 0) is 0 Å². The molecular formula is C15H20F2N2. The summed E-state index contributed by atoms with van der Waals surface area (Å²) in [5.41, 5.74) is 0.683. The van der Waals surface area contributed by atoms with Crippen molar-refractivity contribution in [3.8, 4) is 0 Å². The lowest BCUT2D eigenvalue weighted by molar-refractivity contribution is 0.313. The van der Waals surface area contributed by atoms with Gasteiger partial charge in [-0.25, -0.2) is 8.78 Å². The molecule has 1 saturated heterocycles. The summed E-state index contributed by atoms with van der Waals surface area (Å²) in [5, 5.41) is 3.49. The Morgan fingerprint density at radius 2 is 1.84 bits per heavy atom. The first-order valence-electron chi connectivity index (χ1n) is 7.08. The molecular weight excluding hydrogens is 246 g/mol. The van der Waals surface area contributed by atoms with Crippen LogP contribution in [-0.4, -0.2) is 30.1 Å². The zero-order valence-corrected chi connectivity index (χ0v) is 11.2. The Morgan fingerprint density at radius 3 is 2.47 bits per heavy atom. The molecule has 0 bridgehead atoms. The Bertz CT molecular complexity index is 439. The molecule has 19 heavy (non-hydrogen) atoms. The summed E-state index contributed by atoms with van der Waals surface area (Å²) < 4.78 is 26.4. The van der Waals surface area contributed by atoms with Crippen LogP contribution in [0.25, 0.3) is 0 Å². The van der Waals surface area contributed by atoms with Gasteiger partial charge in [0.15, 0.2) is 0 Å². The van der Waals surface area contributed by atoms with E-state index in [2.05, 4.69) is 10.2 Å². The summed E-state index contributed by atoms with van der Waals surface area (Å²) in [6, 6.07) is 4.95. The number of likely N-dealkylation sites (tertiary alicyclic amines) is 1. The topological polar surface area (TPSA) is 15.3 Å². The largest absolute Gasteiger partial charge is 0.306 e. The van der Waals surface area contributed by atoms with Crippen LogP contribution in [0, 0.1) is 11.6 Å². The molecule has 1 heterocycles. The highest BCUT2D eigenvalue weighted by atomic mass is 19.1. The average Bonchev–Trinajstić information content (AvgIpc) is 3.09. The van der Waals surface area contributed by atoms with E-state index in [0.29, 0.717) is 11.6 Å². The highest BCUT2D eigenvalue weighted by Gasteiger charge is 2.34. The van der Waals surface area contributed by atoms with Gasteiger partial charge in [0.1, 0.15) is 11.6 Å². The van der Waals surface area contributed by atoms with Gasteiger partial charge in [0.25, 0.3) is 0 Å². The molecule has 104 valence electrons. The van der Waals surface area contributed by atoms with Crippen LogP contribution in [0.4, 0.5) is 8.78 Å². The van der Waals surface area contributed by atoms with Gasteiger partial charge in [-0.1, -0.05) is 0 Å². The number of hydrogen-bond acceptors (Lipinski definition) is 2. The fraction of sp³-hybridized carbons (Fsp3) is 0.600. The molecule has 1 saturated carbocycles. The third-order valence-corrected chi connectivity index (χ3v) is 4.15. The predicted molar refractivity (Wildman–Crippen MR) is 70.9 cm³/mol. The number of benzene rings is 1. The Morgan fingerprint density at radius 1 is 1.16 bits per heavy atom. The van der Waals surface area contributed by atoms with E-state index in [1.54, 1.807) is 0 Å². The van der Waals surface area contributed by atoms with E-state index in [1.807, 2.05) is 6.92 Å². The maximum Gasteiger partial charge on any atom is 0.126 e. The molecule has 2 nitrogen and oxygen atoms in total. The minimum absolute atomic E-state index is 0.0191. The van der Waals surface area contributed by atoms with Crippen LogP contribution in [0.2, 0.25) is 0 Å². The lowest BCUT2D eigenvalue weighted by atomic mass is 10.1. The van der Waals surface area contributed by atoms with Gasteiger partial charge in [-0.05, 0) is 43.9 Å². The summed E-state index contributed by atoms with van der Waals surface area (Å²) in [4.78, 5) is 2.52. The summed E-state index contributed by atoms with van der Waals surface area (Å²) >= 11 is 0. The van der Waals surface area contributed by atoms with Gasteiger partial charge >= 0.3 is 0 Å². The maximum absolute atomic E-state index is 13.2. The Hall–Kier alpha value is -1.00. The maximum atomic E-state index is 13.2. The SMILES string of the molecule is CC(NC1CCN(C2CC2)C1)c1cc(F)cc(F)c1. The third-order valence-electron chi connectivity index (χ3n) is 4.15. The van der Waals surface area contributed by atoms with Crippen molar-refractivity contribution in [3.05, 3.63) is 35.4 Å². The quantitative estimate of drug-likeness (QED) is 0.901. The van der Waals surface area contributed by atoms with Crippen molar-refractivity contribution in [1.29, 1.82) is 0 Å². The molecule has 2 atom stereocenters. The number of hydrogen-bond donors (Lipinski definition) is 1. The van der Waals surface area contributed by atoms with E-state index in [4.69, 9.17) is 0 Å². The summed E-state index contributed by atoms with van der Waals surface area (Å²) in [7, 11) is 0. The molecule has 2 unspecified atom stereocenters. The van der Waals surface area contributed by atoms with Crippen LogP contribution in [0.3, 0.4) is 0 Å². The second-order valence-electron chi connectivity index (χ2n) is 5.80. The van der Waals surface area contributed by atoms with Crippen LogP contribution < -0.4 is 5.32 Å². The van der Waals surface area contributed by atoms with Crippen molar-refractivity contribution in [3.63, 3.8) is 0 Å². The molecule has 0 amide bonds. The van der Waals surface area contributed by atoms with E-state index < -0.39 is 11.6 Å². The van der Waals surface area contributed by atoms with Gasteiger partial charge in [0.2, 0.25) is 0 Å². The van der Waals surface area contributed by atoms with Gasteiger partial charge < -0.3 is 5.32 Å². The second kappa shape index (κ2) is 5.17. The van der Waals surface area contributed by atoms with Crippen LogP contribution in [0.5, 0.6) is 0 Å². The van der Waals surface area contributed by atoms with Crippen molar-refractivity contribution in [2.75, 3.05) is 13.1 Å². The molecule has 4 heteroatoms. The van der Waals surface area contributed by atoms with Gasteiger partial charge in [-0.15, -0.1) is 0 Å². The Kier molecular flexibility index (Phi) is 3.54. The van der Waals surface area contributed by atoms with Crippen LogP contribution in [0.15, 0.2) is 18.2 Å². The lowest BCUT2D eigenvalue weighted by Gasteiger charge is -2.21. The fourth-order valence-electron chi connectivity index (χ4n) is 2.97. The molecule has 1 N–H and O–H groups in total. The number of nitrogens with zero attached hydrogens (tertiary/aromatic N) is 1. The minimum Gasteiger partial charge on any atom is -0.306 e. The molecule has 1 aliphatic carbocycles. The monoisotopic (exact) mass is 266 g/mol. The van der Waals surface area contributed by atoms with E-state index >= 15 is 0 Å². The smallest absolute Gasteiger partial charge is 0.126 e. The zero-order valence-electron chi connectivity index (χ0n) is 11.2.